The monoisotopic (exact) mass is 232 g/mol. The van der Waals surface area contributed by atoms with Gasteiger partial charge in [0.05, 0.1) is 24.7 Å². The van der Waals surface area contributed by atoms with E-state index in [1.54, 1.807) is 0 Å². The van der Waals surface area contributed by atoms with Crippen LogP contribution in [0, 0.1) is 0 Å². The maximum atomic E-state index is 10.5. The highest BCUT2D eigenvalue weighted by Gasteiger charge is 2.06. The van der Waals surface area contributed by atoms with E-state index >= 15 is 0 Å². The molecule has 5 heteroatoms. The Morgan fingerprint density at radius 2 is 1.00 bits per heavy atom. The second kappa shape index (κ2) is 8.40. The standard InChI is InChI=1S/C6H6.C4H10O4S/c1-2-4-6-5-3-1;5-1-3-9(7,8)4-2-6/h1-6H;5-6H,1-4H2. The highest BCUT2D eigenvalue weighted by Crippen LogP contribution is 1.86. The molecule has 86 valence electrons. The minimum absolute atomic E-state index is 0.256. The van der Waals surface area contributed by atoms with E-state index < -0.39 is 9.84 Å². The van der Waals surface area contributed by atoms with Crippen molar-refractivity contribution in [3.63, 3.8) is 0 Å². The van der Waals surface area contributed by atoms with Crippen LogP contribution in [0.25, 0.3) is 0 Å². The van der Waals surface area contributed by atoms with Crippen LogP contribution in [0.3, 0.4) is 0 Å². The van der Waals surface area contributed by atoms with Crippen LogP contribution in [0.1, 0.15) is 0 Å². The number of aliphatic hydroxyl groups excluding tert-OH is 2. The first kappa shape index (κ1) is 14.1. The van der Waals surface area contributed by atoms with Gasteiger partial charge >= 0.3 is 0 Å². The van der Waals surface area contributed by atoms with Crippen LogP contribution in [0.4, 0.5) is 0 Å². The van der Waals surface area contributed by atoms with E-state index in [2.05, 4.69) is 0 Å². The van der Waals surface area contributed by atoms with Gasteiger partial charge in [0, 0.05) is 0 Å². The van der Waals surface area contributed by atoms with Crippen molar-refractivity contribution in [3.8, 4) is 0 Å². The third-order valence-electron chi connectivity index (χ3n) is 1.47. The molecule has 0 aliphatic heterocycles. The minimum atomic E-state index is -3.18. The molecular weight excluding hydrogens is 216 g/mol. The van der Waals surface area contributed by atoms with Crippen molar-refractivity contribution in [2.75, 3.05) is 24.7 Å². The van der Waals surface area contributed by atoms with Crippen molar-refractivity contribution in [1.82, 2.24) is 0 Å². The lowest BCUT2D eigenvalue weighted by molar-refractivity contribution is 0.312. The number of sulfone groups is 1. The zero-order valence-electron chi connectivity index (χ0n) is 8.41. The Bertz CT molecular complexity index is 282. The summed E-state index contributed by atoms with van der Waals surface area (Å²) in [5, 5.41) is 16.3. The van der Waals surface area contributed by atoms with Crippen molar-refractivity contribution >= 4 is 9.84 Å². The molecular formula is C10H16O4S. The second-order valence-electron chi connectivity index (χ2n) is 2.75. The molecule has 0 radical (unpaired) electrons. The van der Waals surface area contributed by atoms with E-state index in [9.17, 15) is 8.42 Å². The van der Waals surface area contributed by atoms with Gasteiger partial charge in [-0.05, 0) is 0 Å². The van der Waals surface area contributed by atoms with E-state index in [4.69, 9.17) is 10.2 Å². The molecule has 0 atom stereocenters. The van der Waals surface area contributed by atoms with E-state index in [0.29, 0.717) is 0 Å². The first-order valence-corrected chi connectivity index (χ1v) is 6.36. The Morgan fingerprint density at radius 1 is 0.733 bits per heavy atom. The van der Waals surface area contributed by atoms with Crippen molar-refractivity contribution < 1.29 is 18.6 Å². The highest BCUT2D eigenvalue weighted by molar-refractivity contribution is 7.91. The van der Waals surface area contributed by atoms with E-state index in [1.807, 2.05) is 36.4 Å². The molecule has 1 aromatic rings. The van der Waals surface area contributed by atoms with Gasteiger partial charge in [0.1, 0.15) is 0 Å². The summed E-state index contributed by atoms with van der Waals surface area (Å²) in [6.45, 7) is -0.745. The summed E-state index contributed by atoms with van der Waals surface area (Å²) in [4.78, 5) is 0. The molecule has 0 unspecified atom stereocenters. The van der Waals surface area contributed by atoms with E-state index in [1.165, 1.54) is 0 Å². The molecule has 0 fully saturated rings. The smallest absolute Gasteiger partial charge is 0.154 e. The van der Waals surface area contributed by atoms with Gasteiger partial charge < -0.3 is 10.2 Å². The maximum Gasteiger partial charge on any atom is 0.154 e. The summed E-state index contributed by atoms with van der Waals surface area (Å²) in [7, 11) is -3.18. The lowest BCUT2D eigenvalue weighted by Gasteiger charge is -1.96. The fourth-order valence-corrected chi connectivity index (χ4v) is 1.53. The molecule has 0 aliphatic carbocycles. The van der Waals surface area contributed by atoms with Gasteiger partial charge in [-0.2, -0.15) is 0 Å². The fourth-order valence-electron chi connectivity index (χ4n) is 0.765. The van der Waals surface area contributed by atoms with Crippen LogP contribution >= 0.6 is 0 Å². The van der Waals surface area contributed by atoms with Gasteiger partial charge in [-0.3, -0.25) is 0 Å². The average Bonchev–Trinajstić information content (AvgIpc) is 2.21. The van der Waals surface area contributed by atoms with E-state index in [0.717, 1.165) is 0 Å². The highest BCUT2D eigenvalue weighted by atomic mass is 32.2. The zero-order valence-corrected chi connectivity index (χ0v) is 9.23. The minimum Gasteiger partial charge on any atom is -0.395 e. The van der Waals surface area contributed by atoms with Gasteiger partial charge in [0.25, 0.3) is 0 Å². The van der Waals surface area contributed by atoms with Crippen molar-refractivity contribution in [1.29, 1.82) is 0 Å². The molecule has 0 saturated carbocycles. The summed E-state index contributed by atoms with van der Waals surface area (Å²) >= 11 is 0. The van der Waals surface area contributed by atoms with Crippen LogP contribution in [-0.4, -0.2) is 43.4 Å². The largest absolute Gasteiger partial charge is 0.395 e. The summed E-state index contributed by atoms with van der Waals surface area (Å²) in [5.74, 6) is -0.513. The quantitative estimate of drug-likeness (QED) is 0.770. The normalized spacial score (nSPS) is 10.3. The number of hydrogen-bond donors (Lipinski definition) is 2. The predicted molar refractivity (Wildman–Crippen MR) is 59.3 cm³/mol. The van der Waals surface area contributed by atoms with Gasteiger partial charge in [-0.25, -0.2) is 8.42 Å². The molecule has 0 saturated heterocycles. The zero-order chi connectivity index (χ0) is 11.6. The van der Waals surface area contributed by atoms with Crippen LogP contribution in [0.15, 0.2) is 36.4 Å². The molecule has 1 rings (SSSR count). The van der Waals surface area contributed by atoms with Gasteiger partial charge in [0.2, 0.25) is 0 Å². The third kappa shape index (κ3) is 9.40. The Balaban J connectivity index is 0.000000280. The van der Waals surface area contributed by atoms with Crippen LogP contribution in [0.2, 0.25) is 0 Å². The first-order valence-electron chi connectivity index (χ1n) is 4.54. The first-order chi connectivity index (χ1) is 7.12. The lowest BCUT2D eigenvalue weighted by Crippen LogP contribution is -2.15. The second-order valence-corrected chi connectivity index (χ2v) is 5.06. The summed E-state index contributed by atoms with van der Waals surface area (Å²) < 4.78 is 21.0. The van der Waals surface area contributed by atoms with Crippen LogP contribution < -0.4 is 0 Å². The van der Waals surface area contributed by atoms with Crippen LogP contribution in [0.5, 0.6) is 0 Å². The van der Waals surface area contributed by atoms with Crippen molar-refractivity contribution in [2.24, 2.45) is 0 Å². The molecule has 0 bridgehead atoms. The maximum absolute atomic E-state index is 10.5. The molecule has 0 amide bonds. The molecule has 0 aliphatic rings. The molecule has 0 aromatic heterocycles. The molecule has 4 nitrogen and oxygen atoms in total. The Hall–Kier alpha value is -0.910. The topological polar surface area (TPSA) is 74.6 Å². The average molecular weight is 232 g/mol. The van der Waals surface area contributed by atoms with Gasteiger partial charge in [0.15, 0.2) is 9.84 Å². The lowest BCUT2D eigenvalue weighted by atomic mass is 10.4. The Kier molecular flexibility index (Phi) is 7.89. The SMILES string of the molecule is O=S(=O)(CCO)CCO.c1ccccc1. The third-order valence-corrected chi connectivity index (χ3v) is 3.08. The molecule has 2 N–H and O–H groups in total. The van der Waals surface area contributed by atoms with Crippen molar-refractivity contribution in [3.05, 3.63) is 36.4 Å². The number of benzene rings is 1. The predicted octanol–water partition coefficient (Wildman–Crippen LogP) is 0.0724. The number of aliphatic hydroxyl groups is 2. The van der Waals surface area contributed by atoms with E-state index in [-0.39, 0.29) is 24.7 Å². The summed E-state index contributed by atoms with van der Waals surface area (Å²) in [6.07, 6.45) is 0. The summed E-state index contributed by atoms with van der Waals surface area (Å²) in [5.41, 5.74) is 0. The number of hydrogen-bond acceptors (Lipinski definition) is 4. The Labute approximate surface area is 90.1 Å². The number of rotatable bonds is 4. The molecule has 1 aromatic carbocycles. The van der Waals surface area contributed by atoms with Gasteiger partial charge in [-0.15, -0.1) is 0 Å². The fraction of sp³-hybridized carbons (Fsp3) is 0.400. The Morgan fingerprint density at radius 3 is 1.20 bits per heavy atom. The molecule has 0 heterocycles. The van der Waals surface area contributed by atoms with Crippen LogP contribution in [-0.2, 0) is 9.84 Å². The molecule has 15 heavy (non-hydrogen) atoms. The molecule has 0 spiro atoms. The summed E-state index contributed by atoms with van der Waals surface area (Å²) in [6, 6.07) is 12.0. The van der Waals surface area contributed by atoms with Crippen molar-refractivity contribution in [2.45, 2.75) is 0 Å². The van der Waals surface area contributed by atoms with Gasteiger partial charge in [-0.1, -0.05) is 36.4 Å².